The molecule has 1 saturated carbocycles. The van der Waals surface area contributed by atoms with E-state index in [-0.39, 0.29) is 5.60 Å². The van der Waals surface area contributed by atoms with Gasteiger partial charge in [-0.25, -0.2) is 9.97 Å². The van der Waals surface area contributed by atoms with E-state index in [1.807, 2.05) is 6.07 Å². The Morgan fingerprint density at radius 1 is 1.47 bits per heavy atom. The van der Waals surface area contributed by atoms with E-state index in [1.54, 1.807) is 13.3 Å². The minimum Gasteiger partial charge on any atom is -0.378 e. The lowest BCUT2D eigenvalue weighted by atomic mass is 9.77. The van der Waals surface area contributed by atoms with Crippen molar-refractivity contribution in [2.75, 3.05) is 7.11 Å². The van der Waals surface area contributed by atoms with Crippen LogP contribution in [-0.2, 0) is 11.2 Å². The molecule has 0 amide bonds. The zero-order valence-electron chi connectivity index (χ0n) is 10.3. The van der Waals surface area contributed by atoms with Crippen LogP contribution in [0.25, 0.3) is 11.2 Å². The smallest absolute Gasteiger partial charge is 0.177 e. The summed E-state index contributed by atoms with van der Waals surface area (Å²) in [5.74, 6) is 0.989. The summed E-state index contributed by atoms with van der Waals surface area (Å²) in [5.41, 5.74) is 3.06. The first kappa shape index (κ1) is 10.7. The highest BCUT2D eigenvalue weighted by Gasteiger charge is 2.38. The van der Waals surface area contributed by atoms with Crippen LogP contribution in [0.5, 0.6) is 0 Å². The van der Waals surface area contributed by atoms with Crippen molar-refractivity contribution in [3.05, 3.63) is 23.7 Å². The maximum atomic E-state index is 5.62. The van der Waals surface area contributed by atoms with E-state index in [2.05, 4.69) is 21.9 Å². The normalized spacial score (nSPS) is 18.2. The summed E-state index contributed by atoms with van der Waals surface area (Å²) >= 11 is 0. The lowest BCUT2D eigenvalue weighted by Gasteiger charge is -2.39. The van der Waals surface area contributed by atoms with Crippen molar-refractivity contribution in [2.24, 2.45) is 0 Å². The molecule has 0 spiro atoms. The largest absolute Gasteiger partial charge is 0.378 e. The molecule has 0 unspecified atom stereocenters. The van der Waals surface area contributed by atoms with Crippen LogP contribution >= 0.6 is 0 Å². The van der Waals surface area contributed by atoms with Gasteiger partial charge in [-0.05, 0) is 37.8 Å². The number of aryl methyl sites for hydroxylation is 1. The van der Waals surface area contributed by atoms with Gasteiger partial charge in [0.05, 0.1) is 11.1 Å². The molecule has 0 radical (unpaired) electrons. The molecule has 1 N–H and O–H groups in total. The number of ether oxygens (including phenoxy) is 1. The van der Waals surface area contributed by atoms with Gasteiger partial charge < -0.3 is 9.72 Å². The number of pyridine rings is 1. The zero-order valence-corrected chi connectivity index (χ0v) is 10.3. The Kier molecular flexibility index (Phi) is 2.40. The molecule has 1 aliphatic rings. The lowest BCUT2D eigenvalue weighted by molar-refractivity contribution is -0.0719. The summed E-state index contributed by atoms with van der Waals surface area (Å²) < 4.78 is 5.62. The predicted molar refractivity (Wildman–Crippen MR) is 65.9 cm³/mol. The first-order valence-electron chi connectivity index (χ1n) is 6.08. The summed E-state index contributed by atoms with van der Waals surface area (Å²) in [6.45, 7) is 2.07. The van der Waals surface area contributed by atoms with Crippen LogP contribution in [0.1, 0.15) is 30.7 Å². The van der Waals surface area contributed by atoms with Crippen molar-refractivity contribution in [1.82, 2.24) is 15.0 Å². The topological polar surface area (TPSA) is 50.8 Å². The van der Waals surface area contributed by atoms with E-state index in [0.29, 0.717) is 0 Å². The molecule has 0 atom stereocenters. The van der Waals surface area contributed by atoms with E-state index in [0.717, 1.165) is 36.3 Å². The zero-order chi connectivity index (χ0) is 11.9. The van der Waals surface area contributed by atoms with E-state index < -0.39 is 0 Å². The molecule has 1 aliphatic carbocycles. The molecule has 0 saturated heterocycles. The fourth-order valence-electron chi connectivity index (χ4n) is 2.50. The molecule has 4 nitrogen and oxygen atoms in total. The number of aromatic nitrogens is 3. The average molecular weight is 231 g/mol. The number of methoxy groups -OCH3 is 1. The molecule has 0 aromatic carbocycles. The Hall–Kier alpha value is -1.42. The number of imidazole rings is 1. The summed E-state index contributed by atoms with van der Waals surface area (Å²) in [4.78, 5) is 12.2. The molecule has 0 bridgehead atoms. The van der Waals surface area contributed by atoms with Crippen LogP contribution in [0.15, 0.2) is 12.3 Å². The first-order valence-corrected chi connectivity index (χ1v) is 6.08. The fraction of sp³-hybridized carbons (Fsp3) is 0.538. The quantitative estimate of drug-likeness (QED) is 0.882. The van der Waals surface area contributed by atoms with Gasteiger partial charge >= 0.3 is 0 Å². The highest BCUT2D eigenvalue weighted by Crippen LogP contribution is 2.37. The van der Waals surface area contributed by atoms with Gasteiger partial charge in [0, 0.05) is 19.7 Å². The standard InChI is InChI=1S/C13H17N3O/c1-9-4-7-14-12-11(9)15-10(16-12)8-13(17-2)5-3-6-13/h4,7H,3,5-6,8H2,1-2H3,(H,14,15,16). The molecule has 17 heavy (non-hydrogen) atoms. The molecular formula is C13H17N3O. The second kappa shape index (κ2) is 3.81. The highest BCUT2D eigenvalue weighted by atomic mass is 16.5. The lowest BCUT2D eigenvalue weighted by Crippen LogP contribution is -2.41. The monoisotopic (exact) mass is 231 g/mol. The number of aromatic amines is 1. The average Bonchev–Trinajstić information content (AvgIpc) is 2.68. The van der Waals surface area contributed by atoms with Gasteiger partial charge in [0.1, 0.15) is 5.82 Å². The van der Waals surface area contributed by atoms with Gasteiger partial charge in [-0.1, -0.05) is 0 Å². The summed E-state index contributed by atoms with van der Waals surface area (Å²) in [7, 11) is 1.80. The predicted octanol–water partition coefficient (Wildman–Crippen LogP) is 2.38. The molecule has 4 heteroatoms. The maximum absolute atomic E-state index is 5.62. The minimum absolute atomic E-state index is 0.0157. The van der Waals surface area contributed by atoms with Crippen molar-refractivity contribution >= 4 is 11.2 Å². The van der Waals surface area contributed by atoms with Gasteiger partial charge in [0.2, 0.25) is 0 Å². The van der Waals surface area contributed by atoms with Gasteiger partial charge in [-0.2, -0.15) is 0 Å². The third-order valence-corrected chi connectivity index (χ3v) is 3.84. The molecule has 2 aromatic rings. The van der Waals surface area contributed by atoms with Crippen molar-refractivity contribution in [2.45, 2.75) is 38.2 Å². The van der Waals surface area contributed by atoms with E-state index in [9.17, 15) is 0 Å². The van der Waals surface area contributed by atoms with Crippen LogP contribution in [0, 0.1) is 6.92 Å². The molecule has 0 aliphatic heterocycles. The highest BCUT2D eigenvalue weighted by molar-refractivity contribution is 5.74. The molecular weight excluding hydrogens is 214 g/mol. The number of hydrogen-bond acceptors (Lipinski definition) is 3. The van der Waals surface area contributed by atoms with Gasteiger partial charge in [0.15, 0.2) is 5.65 Å². The van der Waals surface area contributed by atoms with Crippen LogP contribution in [0.2, 0.25) is 0 Å². The van der Waals surface area contributed by atoms with E-state index in [4.69, 9.17) is 4.74 Å². The summed E-state index contributed by atoms with van der Waals surface area (Å²) in [5, 5.41) is 0. The third kappa shape index (κ3) is 1.72. The Morgan fingerprint density at radius 3 is 2.88 bits per heavy atom. The Balaban J connectivity index is 1.93. The molecule has 1 fully saturated rings. The Bertz CT molecular complexity index is 537. The number of H-pyrrole nitrogens is 1. The molecule has 90 valence electrons. The van der Waals surface area contributed by atoms with E-state index >= 15 is 0 Å². The minimum atomic E-state index is 0.0157. The number of hydrogen-bond donors (Lipinski definition) is 1. The molecule has 2 heterocycles. The summed E-state index contributed by atoms with van der Waals surface area (Å²) in [6, 6.07) is 2.00. The first-order chi connectivity index (χ1) is 8.22. The Morgan fingerprint density at radius 2 is 2.29 bits per heavy atom. The van der Waals surface area contributed by atoms with Crippen molar-refractivity contribution in [3.63, 3.8) is 0 Å². The van der Waals surface area contributed by atoms with Crippen LogP contribution in [0.3, 0.4) is 0 Å². The van der Waals surface area contributed by atoms with Gasteiger partial charge in [0.25, 0.3) is 0 Å². The SMILES string of the molecule is COC1(Cc2nc3nccc(C)c3[nH]2)CCC1. The summed E-state index contributed by atoms with van der Waals surface area (Å²) in [6.07, 6.45) is 6.18. The number of fused-ring (bicyclic) bond motifs is 1. The third-order valence-electron chi connectivity index (χ3n) is 3.84. The second-order valence-electron chi connectivity index (χ2n) is 4.93. The number of nitrogens with zero attached hydrogens (tertiary/aromatic N) is 2. The van der Waals surface area contributed by atoms with Gasteiger partial charge in [-0.3, -0.25) is 0 Å². The van der Waals surface area contributed by atoms with Gasteiger partial charge in [-0.15, -0.1) is 0 Å². The number of rotatable bonds is 3. The van der Waals surface area contributed by atoms with Crippen LogP contribution < -0.4 is 0 Å². The molecule has 2 aromatic heterocycles. The fourth-order valence-corrected chi connectivity index (χ4v) is 2.50. The Labute approximate surface area is 100 Å². The maximum Gasteiger partial charge on any atom is 0.177 e. The van der Waals surface area contributed by atoms with Crippen molar-refractivity contribution in [1.29, 1.82) is 0 Å². The second-order valence-corrected chi connectivity index (χ2v) is 4.93. The number of nitrogens with one attached hydrogen (secondary N) is 1. The van der Waals surface area contributed by atoms with Crippen LogP contribution in [0.4, 0.5) is 0 Å². The van der Waals surface area contributed by atoms with Crippen molar-refractivity contribution in [3.8, 4) is 0 Å². The van der Waals surface area contributed by atoms with Crippen LogP contribution in [-0.4, -0.2) is 27.7 Å². The van der Waals surface area contributed by atoms with Crippen molar-refractivity contribution < 1.29 is 4.74 Å². The van der Waals surface area contributed by atoms with E-state index in [1.165, 1.54) is 12.0 Å². The molecule has 3 rings (SSSR count).